The number of benzene rings is 5. The van der Waals surface area contributed by atoms with Crippen molar-refractivity contribution in [2.45, 2.75) is 74.7 Å². The van der Waals surface area contributed by atoms with E-state index in [0.29, 0.717) is 0 Å². The monoisotopic (exact) mass is 566 g/mol. The molecule has 0 saturated heterocycles. The predicted octanol–water partition coefficient (Wildman–Crippen LogP) is 12.1. The van der Waals surface area contributed by atoms with Crippen molar-refractivity contribution < 1.29 is 0 Å². The molecule has 0 heterocycles. The van der Waals surface area contributed by atoms with Gasteiger partial charge in [-0.2, -0.15) is 0 Å². The van der Waals surface area contributed by atoms with E-state index in [1.54, 1.807) is 0 Å². The molecular weight excluding hydrogens is 520 g/mol. The third-order valence-corrected chi connectivity index (χ3v) is 8.39. The Morgan fingerprint density at radius 2 is 0.651 bits per heavy atom. The Kier molecular flexibility index (Phi) is 8.25. The molecule has 5 rings (SSSR count). The molecule has 0 aromatic heterocycles. The van der Waals surface area contributed by atoms with Crippen molar-refractivity contribution in [1.82, 2.24) is 0 Å². The fourth-order valence-corrected chi connectivity index (χ4v) is 6.22. The first-order chi connectivity index (χ1) is 20.3. The van der Waals surface area contributed by atoms with Gasteiger partial charge in [-0.15, -0.1) is 0 Å². The minimum Gasteiger partial charge on any atom is -0.310 e. The summed E-state index contributed by atoms with van der Waals surface area (Å²) in [4.78, 5) is 4.82. The molecule has 43 heavy (non-hydrogen) atoms. The van der Waals surface area contributed by atoms with Gasteiger partial charge < -0.3 is 9.80 Å². The second-order valence-corrected chi connectivity index (χ2v) is 13.3. The normalized spacial score (nSPS) is 11.5. The Hall–Kier alpha value is -4.30. The van der Waals surface area contributed by atoms with Crippen LogP contribution in [0.5, 0.6) is 0 Å². The summed E-state index contributed by atoms with van der Waals surface area (Å²) in [7, 11) is 0. The summed E-state index contributed by atoms with van der Waals surface area (Å²) in [5, 5.41) is 0. The van der Waals surface area contributed by atoms with Crippen LogP contribution in [0.2, 0.25) is 0 Å². The van der Waals surface area contributed by atoms with Gasteiger partial charge in [0.1, 0.15) is 0 Å². The summed E-state index contributed by atoms with van der Waals surface area (Å²) in [5.74, 6) is 0. The molecule has 2 nitrogen and oxygen atoms in total. The number of aryl methyl sites for hydroxylation is 7. The number of nitrogens with zero attached hydrogens (tertiary/aromatic N) is 2. The van der Waals surface area contributed by atoms with E-state index in [1.165, 1.54) is 55.9 Å². The zero-order valence-corrected chi connectivity index (χ0v) is 27.6. The van der Waals surface area contributed by atoms with Gasteiger partial charge in [0.2, 0.25) is 0 Å². The van der Waals surface area contributed by atoms with Gasteiger partial charge >= 0.3 is 0 Å². The van der Waals surface area contributed by atoms with Crippen molar-refractivity contribution >= 4 is 34.1 Å². The molecule has 0 fully saturated rings. The highest BCUT2D eigenvalue weighted by molar-refractivity contribution is 5.84. The van der Waals surface area contributed by atoms with E-state index in [4.69, 9.17) is 0 Å². The highest BCUT2D eigenvalue weighted by atomic mass is 15.2. The standard InChI is InChI=1S/C41H46N2/c1-27-11-15-35(16-12-27)42(39-30(4)23-29(3)24-31(39)5)37-19-21-38(22-20-37)43(36-17-13-28(2)14-18-36)40-32(6)25-34(26-33(40)7)41(8,9)10/h11-26H,1-10H3. The number of hydrogen-bond acceptors (Lipinski definition) is 2. The van der Waals surface area contributed by atoms with Crippen LogP contribution in [0, 0.1) is 48.5 Å². The van der Waals surface area contributed by atoms with Crippen molar-refractivity contribution in [1.29, 1.82) is 0 Å². The molecule has 0 aliphatic rings. The minimum atomic E-state index is 0.0933. The van der Waals surface area contributed by atoms with Crippen LogP contribution in [0.15, 0.2) is 97.1 Å². The van der Waals surface area contributed by atoms with Crippen LogP contribution in [-0.4, -0.2) is 0 Å². The first-order valence-electron chi connectivity index (χ1n) is 15.4. The lowest BCUT2D eigenvalue weighted by molar-refractivity contribution is 0.589. The van der Waals surface area contributed by atoms with Crippen LogP contribution in [0.4, 0.5) is 34.1 Å². The number of hydrogen-bond donors (Lipinski definition) is 0. The van der Waals surface area contributed by atoms with Gasteiger partial charge in [0.05, 0.1) is 11.4 Å². The molecule has 0 amide bonds. The summed E-state index contributed by atoms with van der Waals surface area (Å²) in [6.07, 6.45) is 0. The van der Waals surface area contributed by atoms with Crippen LogP contribution in [-0.2, 0) is 5.41 Å². The summed E-state index contributed by atoms with van der Waals surface area (Å²) >= 11 is 0. The molecule has 0 saturated carbocycles. The number of rotatable bonds is 6. The van der Waals surface area contributed by atoms with Crippen LogP contribution in [0.1, 0.15) is 65.3 Å². The maximum Gasteiger partial charge on any atom is 0.0520 e. The largest absolute Gasteiger partial charge is 0.310 e. The smallest absolute Gasteiger partial charge is 0.0520 e. The van der Waals surface area contributed by atoms with E-state index in [0.717, 1.165) is 22.7 Å². The van der Waals surface area contributed by atoms with Gasteiger partial charge in [-0.3, -0.25) is 0 Å². The Morgan fingerprint density at radius 1 is 0.372 bits per heavy atom. The minimum absolute atomic E-state index is 0.0933. The summed E-state index contributed by atoms with van der Waals surface area (Å²) in [5.41, 5.74) is 17.4. The molecular formula is C41H46N2. The fraction of sp³-hybridized carbons (Fsp3) is 0.268. The van der Waals surface area contributed by atoms with Crippen LogP contribution in [0.3, 0.4) is 0 Å². The lowest BCUT2D eigenvalue weighted by atomic mass is 9.84. The Labute approximate surface area is 259 Å². The zero-order valence-electron chi connectivity index (χ0n) is 27.6. The molecule has 0 radical (unpaired) electrons. The van der Waals surface area contributed by atoms with E-state index in [9.17, 15) is 0 Å². The molecule has 0 atom stereocenters. The maximum atomic E-state index is 2.42. The van der Waals surface area contributed by atoms with Crippen molar-refractivity contribution in [2.24, 2.45) is 0 Å². The van der Waals surface area contributed by atoms with Gasteiger partial charge in [0, 0.05) is 22.7 Å². The fourth-order valence-electron chi connectivity index (χ4n) is 6.22. The SMILES string of the molecule is Cc1ccc(N(c2ccc(N(c3ccc(C)cc3)c3c(C)cc(C(C)(C)C)cc3C)cc2)c2c(C)cc(C)cc2C)cc1. The highest BCUT2D eigenvalue weighted by Crippen LogP contribution is 2.43. The van der Waals surface area contributed by atoms with E-state index >= 15 is 0 Å². The molecule has 2 heteroatoms. The molecule has 220 valence electrons. The van der Waals surface area contributed by atoms with E-state index < -0.39 is 0 Å². The third-order valence-electron chi connectivity index (χ3n) is 8.39. The predicted molar refractivity (Wildman–Crippen MR) is 188 cm³/mol. The quantitative estimate of drug-likeness (QED) is 0.202. The first kappa shape index (κ1) is 30.2. The van der Waals surface area contributed by atoms with Gasteiger partial charge in [-0.1, -0.05) is 86.0 Å². The van der Waals surface area contributed by atoms with Gasteiger partial charge in [-0.25, -0.2) is 0 Å². The second kappa shape index (κ2) is 11.8. The van der Waals surface area contributed by atoms with Crippen molar-refractivity contribution in [3.05, 3.63) is 142 Å². The van der Waals surface area contributed by atoms with Crippen LogP contribution in [0.25, 0.3) is 0 Å². The molecule has 0 bridgehead atoms. The summed E-state index contributed by atoms with van der Waals surface area (Å²) < 4.78 is 0. The molecule has 0 N–H and O–H groups in total. The molecule has 5 aromatic carbocycles. The average molecular weight is 567 g/mol. The first-order valence-corrected chi connectivity index (χ1v) is 15.4. The van der Waals surface area contributed by atoms with Crippen LogP contribution < -0.4 is 9.80 Å². The topological polar surface area (TPSA) is 6.48 Å². The van der Waals surface area contributed by atoms with Crippen molar-refractivity contribution in [2.75, 3.05) is 9.80 Å². The molecule has 0 spiro atoms. The van der Waals surface area contributed by atoms with E-state index in [-0.39, 0.29) is 5.41 Å². The Balaban J connectivity index is 1.67. The van der Waals surface area contributed by atoms with Crippen LogP contribution >= 0.6 is 0 Å². The summed E-state index contributed by atoms with van der Waals surface area (Å²) in [6.45, 7) is 22.2. The zero-order chi connectivity index (χ0) is 31.1. The van der Waals surface area contributed by atoms with E-state index in [2.05, 4.69) is 176 Å². The number of anilines is 6. The van der Waals surface area contributed by atoms with Gasteiger partial charge in [0.15, 0.2) is 0 Å². The molecule has 0 aliphatic heterocycles. The van der Waals surface area contributed by atoms with E-state index in [1.807, 2.05) is 0 Å². The lowest BCUT2D eigenvalue weighted by Gasteiger charge is -2.32. The molecule has 5 aromatic rings. The van der Waals surface area contributed by atoms with Gasteiger partial charge in [-0.05, 0) is 130 Å². The Morgan fingerprint density at radius 3 is 0.953 bits per heavy atom. The third kappa shape index (κ3) is 6.25. The average Bonchev–Trinajstić information content (AvgIpc) is 2.93. The summed E-state index contributed by atoms with van der Waals surface area (Å²) in [6, 6.07) is 36.1. The van der Waals surface area contributed by atoms with Gasteiger partial charge in [0.25, 0.3) is 0 Å². The Bertz CT molecular complexity index is 1690. The lowest BCUT2D eigenvalue weighted by Crippen LogP contribution is -2.17. The maximum absolute atomic E-state index is 2.42. The van der Waals surface area contributed by atoms with Crippen molar-refractivity contribution in [3.63, 3.8) is 0 Å². The molecule has 0 unspecified atom stereocenters. The second-order valence-electron chi connectivity index (χ2n) is 13.3. The highest BCUT2D eigenvalue weighted by Gasteiger charge is 2.22. The molecule has 0 aliphatic carbocycles. The van der Waals surface area contributed by atoms with Crippen molar-refractivity contribution in [3.8, 4) is 0 Å².